The molecule has 0 aliphatic carbocycles. The number of anilines is 1. The van der Waals surface area contributed by atoms with E-state index in [9.17, 15) is 14.9 Å². The third-order valence-corrected chi connectivity index (χ3v) is 1.64. The molecule has 74 valence electrons. The Labute approximate surface area is 79.9 Å². The van der Waals surface area contributed by atoms with Gasteiger partial charge in [0.25, 0.3) is 6.54 Å². The molecule has 0 saturated heterocycles. The van der Waals surface area contributed by atoms with E-state index in [0.29, 0.717) is 5.69 Å². The van der Waals surface area contributed by atoms with Gasteiger partial charge in [0.1, 0.15) is 5.82 Å². The molecule has 6 nitrogen and oxygen atoms in total. The number of pyridine rings is 1. The molecule has 0 bridgehead atoms. The van der Waals surface area contributed by atoms with Gasteiger partial charge in [-0.25, -0.2) is 4.98 Å². The molecule has 0 aromatic carbocycles. The van der Waals surface area contributed by atoms with Gasteiger partial charge in [-0.3, -0.25) is 14.9 Å². The maximum absolute atomic E-state index is 11.2. The molecule has 1 heterocycles. The number of ketones is 1. The number of nitrogen functional groups attached to an aromatic ring is 1. The summed E-state index contributed by atoms with van der Waals surface area (Å²) in [7, 11) is 0. The summed E-state index contributed by atoms with van der Waals surface area (Å²) in [6.07, 6.45) is 0. The van der Waals surface area contributed by atoms with Crippen molar-refractivity contribution in [2.75, 3.05) is 12.3 Å². The normalized spacial score (nSPS) is 9.79. The number of carbonyl (C=O) groups is 1. The topological polar surface area (TPSA) is 99.1 Å². The first-order chi connectivity index (χ1) is 6.50. The standard InChI is InChI=1S/C8H9N3O3/c1-5-2-3-6(8(9)10-5)7(12)4-11(13)14/h2-3H,4H2,1H3,(H2,9,10). The summed E-state index contributed by atoms with van der Waals surface area (Å²) >= 11 is 0. The molecule has 1 aromatic heterocycles. The lowest BCUT2D eigenvalue weighted by atomic mass is 10.1. The fourth-order valence-corrected chi connectivity index (χ4v) is 1.02. The van der Waals surface area contributed by atoms with E-state index < -0.39 is 17.3 Å². The lowest BCUT2D eigenvalue weighted by Gasteiger charge is -2.01. The fourth-order valence-electron chi connectivity index (χ4n) is 1.02. The van der Waals surface area contributed by atoms with Crippen molar-refractivity contribution in [3.63, 3.8) is 0 Å². The molecule has 14 heavy (non-hydrogen) atoms. The third kappa shape index (κ3) is 2.25. The average Bonchev–Trinajstić information content (AvgIpc) is 2.01. The Kier molecular flexibility index (Phi) is 2.76. The van der Waals surface area contributed by atoms with Gasteiger partial charge in [0.05, 0.1) is 5.56 Å². The predicted molar refractivity (Wildman–Crippen MR) is 49.6 cm³/mol. The van der Waals surface area contributed by atoms with Gasteiger partial charge in [0.2, 0.25) is 5.78 Å². The molecule has 0 unspecified atom stereocenters. The first kappa shape index (κ1) is 10.1. The highest BCUT2D eigenvalue weighted by Crippen LogP contribution is 2.10. The smallest absolute Gasteiger partial charge is 0.265 e. The third-order valence-electron chi connectivity index (χ3n) is 1.64. The molecule has 1 aromatic rings. The second kappa shape index (κ2) is 3.82. The largest absolute Gasteiger partial charge is 0.383 e. The van der Waals surface area contributed by atoms with Crippen LogP contribution in [0.2, 0.25) is 0 Å². The van der Waals surface area contributed by atoms with E-state index in [1.165, 1.54) is 6.07 Å². The van der Waals surface area contributed by atoms with Gasteiger partial charge in [-0.2, -0.15) is 0 Å². The van der Waals surface area contributed by atoms with Gasteiger partial charge < -0.3 is 5.73 Å². The molecule has 0 spiro atoms. The molecule has 0 amide bonds. The van der Waals surface area contributed by atoms with Crippen LogP contribution in [-0.4, -0.2) is 22.2 Å². The highest BCUT2D eigenvalue weighted by molar-refractivity contribution is 6.00. The number of hydrogen-bond acceptors (Lipinski definition) is 5. The number of nitrogens with two attached hydrogens (primary N) is 1. The van der Waals surface area contributed by atoms with Crippen molar-refractivity contribution in [2.45, 2.75) is 6.92 Å². The van der Waals surface area contributed by atoms with Crippen LogP contribution in [0.25, 0.3) is 0 Å². The molecular weight excluding hydrogens is 186 g/mol. The molecule has 0 fully saturated rings. The number of carbonyl (C=O) groups excluding carboxylic acids is 1. The van der Waals surface area contributed by atoms with Crippen LogP contribution in [0.5, 0.6) is 0 Å². The lowest BCUT2D eigenvalue weighted by molar-refractivity contribution is -0.465. The summed E-state index contributed by atoms with van der Waals surface area (Å²) in [6.45, 7) is 0.965. The summed E-state index contributed by atoms with van der Waals surface area (Å²) in [5.41, 5.74) is 6.21. The number of Topliss-reactive ketones (excluding diaryl/α,β-unsaturated/α-hetero) is 1. The van der Waals surface area contributed by atoms with E-state index in [2.05, 4.69) is 4.98 Å². The minimum atomic E-state index is -0.755. The van der Waals surface area contributed by atoms with Crippen LogP contribution in [0.15, 0.2) is 12.1 Å². The highest BCUT2D eigenvalue weighted by Gasteiger charge is 2.15. The Balaban J connectivity index is 2.96. The Hall–Kier alpha value is -1.98. The van der Waals surface area contributed by atoms with Crippen molar-refractivity contribution in [3.05, 3.63) is 33.5 Å². The zero-order chi connectivity index (χ0) is 10.7. The van der Waals surface area contributed by atoms with Gasteiger partial charge >= 0.3 is 0 Å². The van der Waals surface area contributed by atoms with E-state index in [1.807, 2.05) is 0 Å². The van der Waals surface area contributed by atoms with Crippen molar-refractivity contribution >= 4 is 11.6 Å². The maximum atomic E-state index is 11.2. The number of hydrogen-bond donors (Lipinski definition) is 1. The Morgan fingerprint density at radius 2 is 2.29 bits per heavy atom. The van der Waals surface area contributed by atoms with Crippen molar-refractivity contribution in [2.24, 2.45) is 0 Å². The van der Waals surface area contributed by atoms with Crippen LogP contribution in [0.3, 0.4) is 0 Å². The van der Waals surface area contributed by atoms with Crippen molar-refractivity contribution < 1.29 is 9.72 Å². The minimum absolute atomic E-state index is 0.0388. The fraction of sp³-hybridized carbons (Fsp3) is 0.250. The molecule has 2 N–H and O–H groups in total. The van der Waals surface area contributed by atoms with Crippen LogP contribution < -0.4 is 5.73 Å². The highest BCUT2D eigenvalue weighted by atomic mass is 16.6. The van der Waals surface area contributed by atoms with Crippen molar-refractivity contribution in [3.8, 4) is 0 Å². The molecule has 0 radical (unpaired) electrons. The molecule has 0 saturated carbocycles. The first-order valence-electron chi connectivity index (χ1n) is 3.89. The molecule has 0 atom stereocenters. The maximum Gasteiger partial charge on any atom is 0.265 e. The number of aromatic nitrogens is 1. The number of aryl methyl sites for hydroxylation is 1. The average molecular weight is 195 g/mol. The predicted octanol–water partition coefficient (Wildman–Crippen LogP) is 0.432. The summed E-state index contributed by atoms with van der Waals surface area (Å²) in [4.78, 5) is 24.5. The molecule has 0 aliphatic rings. The summed E-state index contributed by atoms with van der Waals surface area (Å²) < 4.78 is 0. The second-order valence-corrected chi connectivity index (χ2v) is 2.80. The number of rotatable bonds is 3. The van der Waals surface area contributed by atoms with Gasteiger partial charge in [-0.1, -0.05) is 0 Å². The Morgan fingerprint density at radius 3 is 2.79 bits per heavy atom. The van der Waals surface area contributed by atoms with Crippen LogP contribution in [0.1, 0.15) is 16.1 Å². The Morgan fingerprint density at radius 1 is 1.64 bits per heavy atom. The molecule has 1 rings (SSSR count). The van der Waals surface area contributed by atoms with Gasteiger partial charge in [-0.05, 0) is 19.1 Å². The minimum Gasteiger partial charge on any atom is -0.383 e. The summed E-state index contributed by atoms with van der Waals surface area (Å²) in [5, 5.41) is 10.1. The summed E-state index contributed by atoms with van der Waals surface area (Å²) in [6, 6.07) is 3.03. The number of nitro groups is 1. The van der Waals surface area contributed by atoms with Crippen LogP contribution in [-0.2, 0) is 0 Å². The lowest BCUT2D eigenvalue weighted by Crippen LogP contribution is -2.16. The first-order valence-corrected chi connectivity index (χ1v) is 3.89. The number of nitrogens with zero attached hydrogens (tertiary/aromatic N) is 2. The Bertz CT molecular complexity index is 389. The van der Waals surface area contributed by atoms with Gasteiger partial charge in [0.15, 0.2) is 0 Å². The van der Waals surface area contributed by atoms with E-state index in [0.717, 1.165) is 0 Å². The van der Waals surface area contributed by atoms with Crippen LogP contribution in [0.4, 0.5) is 5.82 Å². The van der Waals surface area contributed by atoms with Gasteiger partial charge in [-0.15, -0.1) is 0 Å². The van der Waals surface area contributed by atoms with E-state index >= 15 is 0 Å². The summed E-state index contributed by atoms with van der Waals surface area (Å²) in [5.74, 6) is -0.586. The van der Waals surface area contributed by atoms with Crippen LogP contribution in [0, 0.1) is 17.0 Å². The SMILES string of the molecule is Cc1ccc(C(=O)C[N+](=O)[O-])c(N)n1. The van der Waals surface area contributed by atoms with E-state index in [-0.39, 0.29) is 11.4 Å². The van der Waals surface area contributed by atoms with Crippen LogP contribution >= 0.6 is 0 Å². The quantitative estimate of drug-likeness (QED) is 0.428. The monoisotopic (exact) mass is 195 g/mol. The zero-order valence-electron chi connectivity index (χ0n) is 7.56. The zero-order valence-corrected chi connectivity index (χ0v) is 7.56. The van der Waals surface area contributed by atoms with E-state index in [1.54, 1.807) is 13.0 Å². The molecular formula is C8H9N3O3. The molecule has 6 heteroatoms. The molecule has 0 aliphatic heterocycles. The van der Waals surface area contributed by atoms with Gasteiger partial charge in [0, 0.05) is 10.6 Å². The van der Waals surface area contributed by atoms with Crippen molar-refractivity contribution in [1.82, 2.24) is 4.98 Å². The second-order valence-electron chi connectivity index (χ2n) is 2.80. The van der Waals surface area contributed by atoms with E-state index in [4.69, 9.17) is 5.73 Å². The van der Waals surface area contributed by atoms with Crippen molar-refractivity contribution in [1.29, 1.82) is 0 Å².